The van der Waals surface area contributed by atoms with Gasteiger partial charge in [0, 0.05) is 0 Å². The Balaban J connectivity index is 2.77. The van der Waals surface area contributed by atoms with Crippen molar-refractivity contribution in [1.82, 2.24) is 5.32 Å². The number of hydrogen-bond acceptors (Lipinski definition) is 3. The van der Waals surface area contributed by atoms with Gasteiger partial charge in [-0.2, -0.15) is 0 Å². The summed E-state index contributed by atoms with van der Waals surface area (Å²) < 4.78 is 17.3. The highest BCUT2D eigenvalue weighted by Gasteiger charge is 2.22. The van der Waals surface area contributed by atoms with Crippen molar-refractivity contribution in [2.75, 3.05) is 6.61 Å². The van der Waals surface area contributed by atoms with E-state index < -0.39 is 23.9 Å². The lowest BCUT2D eigenvalue weighted by molar-refractivity contribution is -0.139. The number of nitrogens with one attached hydrogen (secondary N) is 1. The van der Waals surface area contributed by atoms with E-state index in [-0.39, 0.29) is 12.2 Å². The molecule has 0 spiro atoms. The van der Waals surface area contributed by atoms with E-state index in [1.54, 1.807) is 0 Å². The summed E-state index contributed by atoms with van der Waals surface area (Å²) in [4.78, 5) is 22.2. The molecule has 0 bridgehead atoms. The third-order valence-electron chi connectivity index (χ3n) is 2.04. The molecule has 0 fully saturated rings. The van der Waals surface area contributed by atoms with Crippen LogP contribution in [0.25, 0.3) is 0 Å². The largest absolute Gasteiger partial charge is 0.479 e. The lowest BCUT2D eigenvalue weighted by Gasteiger charge is -2.14. The number of amides is 1. The molecule has 18 heavy (non-hydrogen) atoms. The molecule has 0 aliphatic carbocycles. The quantitative estimate of drug-likeness (QED) is 0.785. The van der Waals surface area contributed by atoms with Gasteiger partial charge in [0.2, 0.25) is 0 Å². The summed E-state index contributed by atoms with van der Waals surface area (Å²) in [6.45, 7) is 3.33. The highest BCUT2D eigenvalue weighted by molar-refractivity contribution is 5.81. The van der Waals surface area contributed by atoms with Gasteiger partial charge in [-0.1, -0.05) is 24.8 Å². The topological polar surface area (TPSA) is 75.6 Å². The number of carbonyl (C=O) groups is 2. The van der Waals surface area contributed by atoms with Gasteiger partial charge in [-0.05, 0) is 17.7 Å². The molecule has 5 nitrogen and oxygen atoms in total. The van der Waals surface area contributed by atoms with E-state index in [4.69, 9.17) is 5.11 Å². The van der Waals surface area contributed by atoms with E-state index in [9.17, 15) is 14.0 Å². The Hall–Kier alpha value is -2.37. The second-order valence-electron chi connectivity index (χ2n) is 3.35. The molecule has 1 atom stereocenters. The minimum atomic E-state index is -1.29. The van der Waals surface area contributed by atoms with Gasteiger partial charge in [0.05, 0.1) is 0 Å². The zero-order chi connectivity index (χ0) is 13.5. The lowest BCUT2D eigenvalue weighted by Crippen LogP contribution is -2.34. The molecular formula is C12H12FNO4. The lowest BCUT2D eigenvalue weighted by atomic mass is 10.1. The van der Waals surface area contributed by atoms with Crippen LogP contribution in [0.3, 0.4) is 0 Å². The normalized spacial score (nSPS) is 11.4. The summed E-state index contributed by atoms with van der Waals surface area (Å²) in [5.74, 6) is -1.76. The molecule has 1 unspecified atom stereocenters. The molecule has 0 radical (unpaired) electrons. The molecule has 1 rings (SSSR count). The molecular weight excluding hydrogens is 241 g/mol. The Bertz CT molecular complexity index is 444. The molecule has 6 heteroatoms. The van der Waals surface area contributed by atoms with Crippen molar-refractivity contribution < 1.29 is 23.8 Å². The van der Waals surface area contributed by atoms with E-state index in [0.717, 1.165) is 12.1 Å². The van der Waals surface area contributed by atoms with Crippen LogP contribution in [0, 0.1) is 5.82 Å². The van der Waals surface area contributed by atoms with Crippen LogP contribution in [-0.4, -0.2) is 23.8 Å². The van der Waals surface area contributed by atoms with E-state index in [1.165, 1.54) is 18.2 Å². The number of alkyl carbamates (subject to hydrolysis) is 1. The van der Waals surface area contributed by atoms with Crippen LogP contribution in [0.1, 0.15) is 11.6 Å². The summed E-state index contributed by atoms with van der Waals surface area (Å²) >= 11 is 0. The highest BCUT2D eigenvalue weighted by atomic mass is 19.1. The molecule has 96 valence electrons. The number of aliphatic carboxylic acids is 1. The van der Waals surface area contributed by atoms with Gasteiger partial charge in [-0.3, -0.25) is 0 Å². The average molecular weight is 253 g/mol. The van der Waals surface area contributed by atoms with Gasteiger partial charge in [0.1, 0.15) is 12.4 Å². The number of rotatable bonds is 5. The monoisotopic (exact) mass is 253 g/mol. The molecule has 0 aliphatic rings. The fraction of sp³-hybridized carbons (Fsp3) is 0.167. The van der Waals surface area contributed by atoms with Crippen LogP contribution in [0.4, 0.5) is 9.18 Å². The molecule has 1 aromatic rings. The number of carboxylic acids is 1. The molecule has 1 aromatic carbocycles. The van der Waals surface area contributed by atoms with E-state index in [2.05, 4.69) is 16.6 Å². The van der Waals surface area contributed by atoms with Crippen molar-refractivity contribution in [1.29, 1.82) is 0 Å². The third-order valence-corrected chi connectivity index (χ3v) is 2.04. The fourth-order valence-electron chi connectivity index (χ4n) is 1.24. The zero-order valence-electron chi connectivity index (χ0n) is 9.43. The van der Waals surface area contributed by atoms with Gasteiger partial charge in [-0.25, -0.2) is 14.0 Å². The summed E-state index contributed by atoms with van der Waals surface area (Å²) in [7, 11) is 0. The maximum atomic E-state index is 12.7. The molecule has 2 N–H and O–H groups in total. The van der Waals surface area contributed by atoms with Crippen molar-refractivity contribution in [3.63, 3.8) is 0 Å². The molecule has 0 heterocycles. The van der Waals surface area contributed by atoms with Gasteiger partial charge >= 0.3 is 12.1 Å². The zero-order valence-corrected chi connectivity index (χ0v) is 9.43. The Morgan fingerprint density at radius 3 is 2.56 bits per heavy atom. The fourth-order valence-corrected chi connectivity index (χ4v) is 1.24. The SMILES string of the molecule is C=CCOC(=O)NC(C(=O)O)c1ccc(F)cc1. The first-order chi connectivity index (χ1) is 8.54. The predicted octanol–water partition coefficient (Wildman–Crippen LogP) is 1.86. The Morgan fingerprint density at radius 1 is 1.44 bits per heavy atom. The van der Waals surface area contributed by atoms with Crippen LogP contribution in [0.15, 0.2) is 36.9 Å². The second-order valence-corrected chi connectivity index (χ2v) is 3.35. The number of ether oxygens (including phenoxy) is 1. The first kappa shape index (κ1) is 13.7. The molecule has 0 saturated heterocycles. The minimum absolute atomic E-state index is 0.0262. The molecule has 0 aliphatic heterocycles. The number of benzene rings is 1. The Kier molecular flexibility index (Phi) is 4.86. The summed E-state index contributed by atoms with van der Waals surface area (Å²) in [5, 5.41) is 11.1. The van der Waals surface area contributed by atoms with Crippen LogP contribution in [0.2, 0.25) is 0 Å². The molecule has 1 amide bonds. The van der Waals surface area contributed by atoms with Crippen molar-refractivity contribution in [2.45, 2.75) is 6.04 Å². The maximum Gasteiger partial charge on any atom is 0.408 e. The smallest absolute Gasteiger partial charge is 0.408 e. The Morgan fingerprint density at radius 2 is 2.06 bits per heavy atom. The second kappa shape index (κ2) is 6.39. The van der Waals surface area contributed by atoms with E-state index in [0.29, 0.717) is 0 Å². The number of carbonyl (C=O) groups excluding carboxylic acids is 1. The van der Waals surface area contributed by atoms with Crippen LogP contribution >= 0.6 is 0 Å². The third kappa shape index (κ3) is 3.89. The minimum Gasteiger partial charge on any atom is -0.479 e. The van der Waals surface area contributed by atoms with Crippen LogP contribution < -0.4 is 5.32 Å². The first-order valence-electron chi connectivity index (χ1n) is 5.07. The Labute approximate surface area is 103 Å². The average Bonchev–Trinajstić information content (AvgIpc) is 2.34. The maximum absolute atomic E-state index is 12.7. The highest BCUT2D eigenvalue weighted by Crippen LogP contribution is 2.14. The van der Waals surface area contributed by atoms with Crippen LogP contribution in [-0.2, 0) is 9.53 Å². The molecule has 0 saturated carbocycles. The summed E-state index contributed by atoms with van der Waals surface area (Å²) in [5.41, 5.74) is 0.249. The summed E-state index contributed by atoms with van der Waals surface area (Å²) in [6.07, 6.45) is 0.472. The number of hydrogen-bond donors (Lipinski definition) is 2. The van der Waals surface area contributed by atoms with Gasteiger partial charge in [0.15, 0.2) is 6.04 Å². The predicted molar refractivity (Wildman–Crippen MR) is 61.5 cm³/mol. The van der Waals surface area contributed by atoms with Gasteiger partial charge in [0.25, 0.3) is 0 Å². The summed E-state index contributed by atoms with van der Waals surface area (Å²) in [6, 6.07) is 3.50. The van der Waals surface area contributed by atoms with Crippen molar-refractivity contribution in [2.24, 2.45) is 0 Å². The standard InChI is InChI=1S/C12H12FNO4/c1-2-7-18-12(17)14-10(11(15)16)8-3-5-9(13)6-4-8/h2-6,10H,1,7H2,(H,14,17)(H,15,16). The number of carboxylic acid groups (broad SMARTS) is 1. The van der Waals surface area contributed by atoms with Gasteiger partial charge in [-0.15, -0.1) is 0 Å². The van der Waals surface area contributed by atoms with E-state index in [1.807, 2.05) is 0 Å². The van der Waals surface area contributed by atoms with Crippen molar-refractivity contribution >= 4 is 12.1 Å². The first-order valence-corrected chi connectivity index (χ1v) is 5.07. The molecule has 0 aromatic heterocycles. The van der Waals surface area contributed by atoms with Gasteiger partial charge < -0.3 is 15.2 Å². The van der Waals surface area contributed by atoms with Crippen molar-refractivity contribution in [3.05, 3.63) is 48.3 Å². The van der Waals surface area contributed by atoms with Crippen LogP contribution in [0.5, 0.6) is 0 Å². The number of halogens is 1. The van der Waals surface area contributed by atoms with E-state index >= 15 is 0 Å². The van der Waals surface area contributed by atoms with Crippen molar-refractivity contribution in [3.8, 4) is 0 Å².